The van der Waals surface area contributed by atoms with E-state index in [-0.39, 0.29) is 16.8 Å². The Morgan fingerprint density at radius 1 is 1.38 bits per heavy atom. The maximum absolute atomic E-state index is 12.4. The Hall–Kier alpha value is -0.920. The van der Waals surface area contributed by atoms with Gasteiger partial charge in [0.2, 0.25) is 10.0 Å². The highest BCUT2D eigenvalue weighted by Crippen LogP contribution is 2.24. The number of nitrogens with two attached hydrogens (primary N) is 1. The zero-order valence-electron chi connectivity index (χ0n) is 12.4. The SMILES string of the molecule is CCCC(CC)NC(=O)c1cc(S(N)(=O)=O)cc(Br)c1C. The first kappa shape index (κ1) is 18.1. The molecular weight excluding hydrogens is 356 g/mol. The molecule has 1 atom stereocenters. The lowest BCUT2D eigenvalue weighted by Crippen LogP contribution is -2.34. The normalized spacial score (nSPS) is 13.0. The van der Waals surface area contributed by atoms with Gasteiger partial charge in [0.05, 0.1) is 4.90 Å². The molecule has 1 unspecified atom stereocenters. The topological polar surface area (TPSA) is 89.3 Å². The Labute approximate surface area is 134 Å². The molecule has 1 rings (SSSR count). The predicted molar refractivity (Wildman–Crippen MR) is 86.7 cm³/mol. The average molecular weight is 377 g/mol. The smallest absolute Gasteiger partial charge is 0.251 e. The van der Waals surface area contributed by atoms with Gasteiger partial charge in [0, 0.05) is 16.1 Å². The molecule has 0 saturated heterocycles. The maximum Gasteiger partial charge on any atom is 0.251 e. The van der Waals surface area contributed by atoms with Crippen LogP contribution >= 0.6 is 15.9 Å². The molecule has 1 aromatic carbocycles. The van der Waals surface area contributed by atoms with Crippen LogP contribution in [0.25, 0.3) is 0 Å². The van der Waals surface area contributed by atoms with E-state index in [9.17, 15) is 13.2 Å². The molecule has 0 aromatic heterocycles. The molecule has 0 aliphatic rings. The zero-order chi connectivity index (χ0) is 16.2. The summed E-state index contributed by atoms with van der Waals surface area (Å²) in [4.78, 5) is 12.3. The Bertz CT molecular complexity index is 629. The van der Waals surface area contributed by atoms with Gasteiger partial charge in [-0.25, -0.2) is 13.6 Å². The first-order chi connectivity index (χ1) is 9.70. The molecular formula is C14H21BrN2O3S. The number of carbonyl (C=O) groups excluding carboxylic acids is 1. The van der Waals surface area contributed by atoms with Crippen molar-refractivity contribution in [2.75, 3.05) is 0 Å². The molecule has 0 spiro atoms. The van der Waals surface area contributed by atoms with Crippen LogP contribution in [0.15, 0.2) is 21.5 Å². The Morgan fingerprint density at radius 2 is 2.00 bits per heavy atom. The minimum absolute atomic E-state index is 0.0753. The third-order valence-electron chi connectivity index (χ3n) is 3.36. The first-order valence-electron chi connectivity index (χ1n) is 6.84. The van der Waals surface area contributed by atoms with Crippen molar-refractivity contribution >= 4 is 31.9 Å². The fraction of sp³-hybridized carbons (Fsp3) is 0.500. The molecule has 1 amide bonds. The summed E-state index contributed by atoms with van der Waals surface area (Å²) in [7, 11) is -3.85. The van der Waals surface area contributed by atoms with E-state index in [1.54, 1.807) is 6.92 Å². The van der Waals surface area contributed by atoms with Crippen LogP contribution in [0.4, 0.5) is 0 Å². The van der Waals surface area contributed by atoms with Crippen molar-refractivity contribution in [3.63, 3.8) is 0 Å². The maximum atomic E-state index is 12.4. The van der Waals surface area contributed by atoms with Crippen molar-refractivity contribution in [1.82, 2.24) is 5.32 Å². The van der Waals surface area contributed by atoms with Crippen LogP contribution in [0.1, 0.15) is 49.0 Å². The quantitative estimate of drug-likeness (QED) is 0.799. The number of hydrogen-bond donors (Lipinski definition) is 2. The number of hydrogen-bond acceptors (Lipinski definition) is 3. The highest BCUT2D eigenvalue weighted by Gasteiger charge is 2.19. The van der Waals surface area contributed by atoms with Crippen molar-refractivity contribution in [2.24, 2.45) is 5.14 Å². The van der Waals surface area contributed by atoms with Crippen molar-refractivity contribution < 1.29 is 13.2 Å². The molecule has 5 nitrogen and oxygen atoms in total. The van der Waals surface area contributed by atoms with Crippen LogP contribution in [0.3, 0.4) is 0 Å². The number of amides is 1. The van der Waals surface area contributed by atoms with Gasteiger partial charge in [-0.2, -0.15) is 0 Å². The third kappa shape index (κ3) is 4.79. The highest BCUT2D eigenvalue weighted by atomic mass is 79.9. The van der Waals surface area contributed by atoms with E-state index in [4.69, 9.17) is 5.14 Å². The molecule has 3 N–H and O–H groups in total. The summed E-state index contributed by atoms with van der Waals surface area (Å²) in [6.07, 6.45) is 2.69. The molecule has 0 aliphatic heterocycles. The molecule has 1 aromatic rings. The molecule has 0 heterocycles. The summed E-state index contributed by atoms with van der Waals surface area (Å²) in [5.74, 6) is -0.279. The fourth-order valence-corrected chi connectivity index (χ4v) is 3.22. The van der Waals surface area contributed by atoms with Gasteiger partial charge in [0.25, 0.3) is 5.91 Å². The lowest BCUT2D eigenvalue weighted by atomic mass is 10.1. The molecule has 118 valence electrons. The lowest BCUT2D eigenvalue weighted by molar-refractivity contribution is 0.0933. The van der Waals surface area contributed by atoms with Crippen LogP contribution in [0, 0.1) is 6.92 Å². The molecule has 21 heavy (non-hydrogen) atoms. The van der Waals surface area contributed by atoms with Gasteiger partial charge in [-0.1, -0.05) is 36.2 Å². The van der Waals surface area contributed by atoms with E-state index in [2.05, 4.69) is 28.2 Å². The van der Waals surface area contributed by atoms with E-state index in [1.165, 1.54) is 12.1 Å². The Kier molecular flexibility index (Phi) is 6.37. The minimum atomic E-state index is -3.85. The van der Waals surface area contributed by atoms with Gasteiger partial charge >= 0.3 is 0 Å². The summed E-state index contributed by atoms with van der Waals surface area (Å²) < 4.78 is 23.5. The molecule has 0 saturated carbocycles. The summed E-state index contributed by atoms with van der Waals surface area (Å²) >= 11 is 3.27. The Balaban J connectivity index is 3.17. The first-order valence-corrected chi connectivity index (χ1v) is 9.18. The van der Waals surface area contributed by atoms with E-state index in [1.807, 2.05) is 6.92 Å². The summed E-state index contributed by atoms with van der Waals surface area (Å²) in [6, 6.07) is 2.81. The van der Waals surface area contributed by atoms with Crippen LogP contribution in [-0.2, 0) is 10.0 Å². The standard InChI is InChI=1S/C14H21BrN2O3S/c1-4-6-10(5-2)17-14(18)12-7-11(21(16,19)20)8-13(15)9(12)3/h7-8,10H,4-6H2,1-3H3,(H,17,18)(H2,16,19,20). The average Bonchev–Trinajstić information content (AvgIpc) is 2.39. The number of carbonyl (C=O) groups is 1. The van der Waals surface area contributed by atoms with E-state index in [0.717, 1.165) is 19.3 Å². The van der Waals surface area contributed by atoms with Crippen LogP contribution < -0.4 is 10.5 Å². The number of halogens is 1. The zero-order valence-corrected chi connectivity index (χ0v) is 14.8. The van der Waals surface area contributed by atoms with Gasteiger partial charge in [0.1, 0.15) is 0 Å². The number of nitrogens with one attached hydrogen (secondary N) is 1. The number of benzene rings is 1. The number of rotatable bonds is 6. The van der Waals surface area contributed by atoms with Crippen molar-refractivity contribution in [3.8, 4) is 0 Å². The minimum Gasteiger partial charge on any atom is -0.349 e. The monoisotopic (exact) mass is 376 g/mol. The molecule has 7 heteroatoms. The molecule has 0 fully saturated rings. The second-order valence-corrected chi connectivity index (χ2v) is 7.41. The van der Waals surface area contributed by atoms with E-state index in [0.29, 0.717) is 15.6 Å². The van der Waals surface area contributed by atoms with E-state index >= 15 is 0 Å². The number of primary sulfonamides is 1. The van der Waals surface area contributed by atoms with Gasteiger partial charge in [-0.05, 0) is 37.5 Å². The van der Waals surface area contributed by atoms with Gasteiger partial charge in [-0.15, -0.1) is 0 Å². The second-order valence-electron chi connectivity index (χ2n) is 4.99. The lowest BCUT2D eigenvalue weighted by Gasteiger charge is -2.17. The van der Waals surface area contributed by atoms with Crippen molar-refractivity contribution in [2.45, 2.75) is 51.0 Å². The predicted octanol–water partition coefficient (Wildman–Crippen LogP) is 2.71. The van der Waals surface area contributed by atoms with Crippen LogP contribution in [-0.4, -0.2) is 20.4 Å². The molecule has 0 radical (unpaired) electrons. The van der Waals surface area contributed by atoms with Crippen molar-refractivity contribution in [1.29, 1.82) is 0 Å². The van der Waals surface area contributed by atoms with Gasteiger partial charge in [0.15, 0.2) is 0 Å². The fourth-order valence-electron chi connectivity index (χ4n) is 2.04. The third-order valence-corrected chi connectivity index (χ3v) is 5.07. The second kappa shape index (κ2) is 7.38. The number of sulfonamides is 1. The summed E-state index contributed by atoms with van der Waals surface area (Å²) in [5.41, 5.74) is 1.01. The van der Waals surface area contributed by atoms with E-state index < -0.39 is 10.0 Å². The van der Waals surface area contributed by atoms with Gasteiger partial charge in [-0.3, -0.25) is 4.79 Å². The summed E-state index contributed by atoms with van der Waals surface area (Å²) in [5, 5.41) is 8.07. The van der Waals surface area contributed by atoms with Crippen molar-refractivity contribution in [3.05, 3.63) is 27.7 Å². The Morgan fingerprint density at radius 3 is 2.48 bits per heavy atom. The van der Waals surface area contributed by atoms with Crippen LogP contribution in [0.2, 0.25) is 0 Å². The van der Waals surface area contributed by atoms with Crippen LogP contribution in [0.5, 0.6) is 0 Å². The molecule has 0 bridgehead atoms. The largest absolute Gasteiger partial charge is 0.349 e. The van der Waals surface area contributed by atoms with Gasteiger partial charge < -0.3 is 5.32 Å². The summed E-state index contributed by atoms with van der Waals surface area (Å²) in [6.45, 7) is 5.81. The molecule has 0 aliphatic carbocycles. The highest BCUT2D eigenvalue weighted by molar-refractivity contribution is 9.10.